The SMILES string of the molecule is N[C@@H]1CC=CCCC(=O)OC[C@@H]2CCCN2C1=O. The smallest absolute Gasteiger partial charge is 0.306 e. The number of rotatable bonds is 0. The third-order valence-electron chi connectivity index (χ3n) is 3.49. The van der Waals surface area contributed by atoms with Crippen LogP contribution in [0.1, 0.15) is 32.1 Å². The molecule has 0 bridgehead atoms. The summed E-state index contributed by atoms with van der Waals surface area (Å²) in [6.07, 6.45) is 7.19. The van der Waals surface area contributed by atoms with Crippen LogP contribution in [0.3, 0.4) is 0 Å². The fourth-order valence-electron chi connectivity index (χ4n) is 2.44. The summed E-state index contributed by atoms with van der Waals surface area (Å²) in [7, 11) is 0. The van der Waals surface area contributed by atoms with Crippen LogP contribution in [0.15, 0.2) is 12.2 Å². The van der Waals surface area contributed by atoms with Crippen LogP contribution in [-0.2, 0) is 14.3 Å². The van der Waals surface area contributed by atoms with Gasteiger partial charge >= 0.3 is 5.97 Å². The number of allylic oxidation sites excluding steroid dienone is 1. The minimum atomic E-state index is -0.475. The van der Waals surface area contributed by atoms with E-state index in [9.17, 15) is 9.59 Å². The molecule has 2 N–H and O–H groups in total. The van der Waals surface area contributed by atoms with Crippen LogP contribution in [0.5, 0.6) is 0 Å². The lowest BCUT2D eigenvalue weighted by atomic mass is 10.1. The number of ether oxygens (including phenoxy) is 1. The van der Waals surface area contributed by atoms with Crippen molar-refractivity contribution in [2.75, 3.05) is 13.2 Å². The quantitative estimate of drug-likeness (QED) is 0.506. The topological polar surface area (TPSA) is 72.6 Å². The van der Waals surface area contributed by atoms with Crippen LogP contribution in [0, 0.1) is 0 Å². The molecule has 0 spiro atoms. The number of esters is 1. The van der Waals surface area contributed by atoms with Crippen LogP contribution in [0.4, 0.5) is 0 Å². The number of fused-ring (bicyclic) bond motifs is 1. The van der Waals surface area contributed by atoms with Crippen molar-refractivity contribution in [2.45, 2.75) is 44.2 Å². The largest absolute Gasteiger partial charge is 0.463 e. The zero-order valence-electron chi connectivity index (χ0n) is 10.5. The minimum Gasteiger partial charge on any atom is -0.463 e. The van der Waals surface area contributed by atoms with E-state index in [0.717, 1.165) is 19.4 Å². The number of nitrogens with two attached hydrogens (primary N) is 1. The van der Waals surface area contributed by atoms with E-state index in [1.165, 1.54) is 0 Å². The van der Waals surface area contributed by atoms with E-state index in [0.29, 0.717) is 25.9 Å². The Morgan fingerprint density at radius 3 is 3.00 bits per heavy atom. The van der Waals surface area contributed by atoms with Crippen molar-refractivity contribution in [1.82, 2.24) is 4.90 Å². The highest BCUT2D eigenvalue weighted by Gasteiger charge is 2.32. The monoisotopic (exact) mass is 252 g/mol. The summed E-state index contributed by atoms with van der Waals surface area (Å²) in [5.41, 5.74) is 5.89. The van der Waals surface area contributed by atoms with Crippen molar-refractivity contribution in [3.05, 3.63) is 12.2 Å². The number of nitrogens with zero attached hydrogens (tertiary/aromatic N) is 1. The lowest BCUT2D eigenvalue weighted by Crippen LogP contribution is -2.47. The summed E-state index contributed by atoms with van der Waals surface area (Å²) in [5, 5.41) is 0. The van der Waals surface area contributed by atoms with Crippen LogP contribution in [-0.4, -0.2) is 42.0 Å². The number of carbonyl (C=O) groups is 2. The van der Waals surface area contributed by atoms with Crippen LogP contribution >= 0.6 is 0 Å². The molecule has 0 saturated carbocycles. The van der Waals surface area contributed by atoms with Gasteiger partial charge in [-0.3, -0.25) is 9.59 Å². The average Bonchev–Trinajstić information content (AvgIpc) is 2.81. The van der Waals surface area contributed by atoms with Gasteiger partial charge in [0.25, 0.3) is 0 Å². The molecule has 1 fully saturated rings. The molecule has 18 heavy (non-hydrogen) atoms. The van der Waals surface area contributed by atoms with Gasteiger partial charge in [-0.2, -0.15) is 0 Å². The molecule has 2 atom stereocenters. The molecule has 0 aromatic carbocycles. The summed E-state index contributed by atoms with van der Waals surface area (Å²) >= 11 is 0. The number of hydrogen-bond donors (Lipinski definition) is 1. The maximum atomic E-state index is 12.2. The van der Waals surface area contributed by atoms with Gasteiger partial charge in [-0.1, -0.05) is 12.2 Å². The second kappa shape index (κ2) is 6.00. The predicted molar refractivity (Wildman–Crippen MR) is 66.7 cm³/mol. The molecule has 0 aliphatic carbocycles. The summed E-state index contributed by atoms with van der Waals surface area (Å²) in [4.78, 5) is 25.4. The summed E-state index contributed by atoms with van der Waals surface area (Å²) in [6, 6.07) is -0.465. The Bertz CT molecular complexity index is 354. The van der Waals surface area contributed by atoms with E-state index < -0.39 is 6.04 Å². The third-order valence-corrected chi connectivity index (χ3v) is 3.49. The predicted octanol–water partition coefficient (Wildman–Crippen LogP) is 0.588. The molecule has 2 rings (SSSR count). The van der Waals surface area contributed by atoms with Crippen molar-refractivity contribution in [2.24, 2.45) is 5.73 Å². The second-order valence-electron chi connectivity index (χ2n) is 4.86. The van der Waals surface area contributed by atoms with Crippen molar-refractivity contribution in [1.29, 1.82) is 0 Å². The summed E-state index contributed by atoms with van der Waals surface area (Å²) in [6.45, 7) is 1.03. The van der Waals surface area contributed by atoms with E-state index in [2.05, 4.69) is 0 Å². The lowest BCUT2D eigenvalue weighted by Gasteiger charge is -2.27. The third kappa shape index (κ3) is 3.10. The molecule has 2 aliphatic rings. The fourth-order valence-corrected chi connectivity index (χ4v) is 2.44. The Morgan fingerprint density at radius 2 is 2.17 bits per heavy atom. The highest BCUT2D eigenvalue weighted by Crippen LogP contribution is 2.19. The summed E-state index contributed by atoms with van der Waals surface area (Å²) < 4.78 is 5.20. The van der Waals surface area contributed by atoms with Gasteiger partial charge in [-0.25, -0.2) is 0 Å². The van der Waals surface area contributed by atoms with Gasteiger partial charge in [0.2, 0.25) is 5.91 Å². The number of amides is 1. The Hall–Kier alpha value is -1.36. The van der Waals surface area contributed by atoms with Gasteiger partial charge in [0.05, 0.1) is 12.1 Å². The minimum absolute atomic E-state index is 0.0101. The van der Waals surface area contributed by atoms with Crippen LogP contribution in [0.25, 0.3) is 0 Å². The molecule has 5 heteroatoms. The van der Waals surface area contributed by atoms with Crippen LogP contribution < -0.4 is 5.73 Å². The first-order valence-electron chi connectivity index (χ1n) is 6.55. The molecule has 2 aliphatic heterocycles. The fraction of sp³-hybridized carbons (Fsp3) is 0.692. The van der Waals surface area contributed by atoms with Gasteiger partial charge in [-0.05, 0) is 25.7 Å². The number of carbonyl (C=O) groups excluding carboxylic acids is 2. The standard InChI is InChI=1S/C13H20N2O3/c14-11-6-2-1-3-7-12(16)18-9-10-5-4-8-15(10)13(11)17/h1-2,10-11H,3-9,14H2/t10-,11+/m0/s1. The lowest BCUT2D eigenvalue weighted by molar-refractivity contribution is -0.147. The van der Waals surface area contributed by atoms with Gasteiger partial charge in [0, 0.05) is 13.0 Å². The molecule has 0 aromatic heterocycles. The van der Waals surface area contributed by atoms with Crippen molar-refractivity contribution in [3.8, 4) is 0 Å². The summed E-state index contributed by atoms with van der Waals surface area (Å²) in [5.74, 6) is -0.220. The molecular weight excluding hydrogens is 232 g/mol. The Balaban J connectivity index is 2.08. The zero-order chi connectivity index (χ0) is 13.0. The maximum absolute atomic E-state index is 12.2. The molecule has 5 nitrogen and oxygen atoms in total. The number of cyclic esters (lactones) is 1. The van der Waals surface area contributed by atoms with Gasteiger partial charge in [0.1, 0.15) is 6.61 Å². The first-order chi connectivity index (χ1) is 8.68. The van der Waals surface area contributed by atoms with Crippen molar-refractivity contribution in [3.63, 3.8) is 0 Å². The first-order valence-corrected chi connectivity index (χ1v) is 6.55. The molecule has 1 saturated heterocycles. The average molecular weight is 252 g/mol. The van der Waals surface area contributed by atoms with Gasteiger partial charge in [0.15, 0.2) is 0 Å². The first kappa shape index (κ1) is 13.1. The molecule has 0 radical (unpaired) electrons. The highest BCUT2D eigenvalue weighted by atomic mass is 16.5. The van der Waals surface area contributed by atoms with Crippen molar-refractivity contribution < 1.29 is 14.3 Å². The van der Waals surface area contributed by atoms with E-state index in [4.69, 9.17) is 10.5 Å². The van der Waals surface area contributed by atoms with Gasteiger partial charge in [-0.15, -0.1) is 0 Å². The van der Waals surface area contributed by atoms with E-state index in [-0.39, 0.29) is 17.9 Å². The Labute approximate surface area is 107 Å². The molecule has 0 aromatic rings. The highest BCUT2D eigenvalue weighted by molar-refractivity contribution is 5.82. The normalized spacial score (nSPS) is 30.4. The molecule has 100 valence electrons. The molecule has 0 unspecified atom stereocenters. The molecule has 2 heterocycles. The maximum Gasteiger partial charge on any atom is 0.306 e. The van der Waals surface area contributed by atoms with Crippen LogP contribution in [0.2, 0.25) is 0 Å². The zero-order valence-corrected chi connectivity index (χ0v) is 10.5. The van der Waals surface area contributed by atoms with Crippen molar-refractivity contribution >= 4 is 11.9 Å². The second-order valence-corrected chi connectivity index (χ2v) is 4.86. The van der Waals surface area contributed by atoms with E-state index in [1.54, 1.807) is 4.90 Å². The number of hydrogen-bond acceptors (Lipinski definition) is 4. The van der Waals surface area contributed by atoms with E-state index in [1.807, 2.05) is 12.2 Å². The molecular formula is C13H20N2O3. The Kier molecular flexibility index (Phi) is 4.36. The Morgan fingerprint density at radius 1 is 1.33 bits per heavy atom. The molecule has 1 amide bonds. The van der Waals surface area contributed by atoms with Gasteiger partial charge < -0.3 is 15.4 Å². The van der Waals surface area contributed by atoms with E-state index >= 15 is 0 Å².